The third kappa shape index (κ3) is 2.82. The van der Waals surface area contributed by atoms with Crippen LogP contribution >= 0.6 is 0 Å². The second-order valence-electron chi connectivity index (χ2n) is 5.37. The summed E-state index contributed by atoms with van der Waals surface area (Å²) in [6.45, 7) is 0.601. The largest absolute Gasteiger partial charge is 0.368 e. The number of hydrogen-bond donors (Lipinski definition) is 1. The Morgan fingerprint density at radius 1 is 1.30 bits per heavy atom. The van der Waals surface area contributed by atoms with E-state index in [0.29, 0.717) is 13.0 Å². The number of hydrogen-bond acceptors (Lipinski definition) is 3. The predicted octanol–water partition coefficient (Wildman–Crippen LogP) is 0.766. The molecule has 2 amide bonds. The van der Waals surface area contributed by atoms with Crippen molar-refractivity contribution in [2.24, 2.45) is 5.73 Å². The van der Waals surface area contributed by atoms with Crippen molar-refractivity contribution in [1.82, 2.24) is 9.80 Å². The van der Waals surface area contributed by atoms with E-state index in [0.717, 1.165) is 12.0 Å². The van der Waals surface area contributed by atoms with E-state index in [1.807, 2.05) is 49.3 Å². The molecule has 0 radical (unpaired) electrons. The van der Waals surface area contributed by atoms with Crippen LogP contribution in [0.4, 0.5) is 0 Å². The van der Waals surface area contributed by atoms with E-state index < -0.39 is 11.9 Å². The number of nitrogens with two attached hydrogens (primary N) is 1. The fourth-order valence-electron chi connectivity index (χ4n) is 2.78. The monoisotopic (exact) mass is 275 g/mol. The van der Waals surface area contributed by atoms with Gasteiger partial charge in [0.25, 0.3) is 0 Å². The smallest absolute Gasteiger partial charge is 0.245 e. The molecule has 2 rings (SSSR count). The zero-order valence-corrected chi connectivity index (χ0v) is 12.0. The Labute approximate surface area is 119 Å². The maximum absolute atomic E-state index is 12.8. The van der Waals surface area contributed by atoms with Crippen molar-refractivity contribution in [2.75, 3.05) is 20.6 Å². The number of rotatable bonds is 4. The predicted molar refractivity (Wildman–Crippen MR) is 76.8 cm³/mol. The molecule has 1 aliphatic heterocycles. The molecule has 1 fully saturated rings. The van der Waals surface area contributed by atoms with Crippen LogP contribution in [0.2, 0.25) is 0 Å². The average Bonchev–Trinajstić information content (AvgIpc) is 2.89. The molecule has 1 aliphatic rings. The summed E-state index contributed by atoms with van der Waals surface area (Å²) in [7, 11) is 3.73. The van der Waals surface area contributed by atoms with Gasteiger partial charge < -0.3 is 10.6 Å². The molecule has 1 unspecified atom stereocenters. The molecular formula is C15H21N3O2. The van der Waals surface area contributed by atoms with Crippen LogP contribution in [-0.4, -0.2) is 48.3 Å². The fourth-order valence-corrected chi connectivity index (χ4v) is 2.78. The summed E-state index contributed by atoms with van der Waals surface area (Å²) in [4.78, 5) is 27.7. The van der Waals surface area contributed by atoms with Gasteiger partial charge in [0.15, 0.2) is 0 Å². The highest BCUT2D eigenvalue weighted by Crippen LogP contribution is 2.26. The van der Waals surface area contributed by atoms with Crippen LogP contribution in [0.3, 0.4) is 0 Å². The molecule has 0 bridgehead atoms. The minimum absolute atomic E-state index is 0.0532. The van der Waals surface area contributed by atoms with E-state index in [9.17, 15) is 9.59 Å². The number of carbonyl (C=O) groups is 2. The van der Waals surface area contributed by atoms with Crippen LogP contribution in [0.15, 0.2) is 30.3 Å². The summed E-state index contributed by atoms with van der Waals surface area (Å²) in [5.41, 5.74) is 6.32. The van der Waals surface area contributed by atoms with E-state index in [-0.39, 0.29) is 11.9 Å². The van der Waals surface area contributed by atoms with Gasteiger partial charge in [0.05, 0.1) is 0 Å². The standard InChI is InChI=1S/C15H21N3O2/c1-17(2)13(11-7-4-3-5-8-11)15(20)18-10-6-9-12(18)14(16)19/h3-5,7-8,12-13H,6,9-10H2,1-2H3,(H2,16,19)/t12?,13-/m0/s1. The molecule has 108 valence electrons. The van der Waals surface area contributed by atoms with Crippen molar-refractivity contribution in [1.29, 1.82) is 0 Å². The van der Waals surface area contributed by atoms with Gasteiger partial charge in [-0.1, -0.05) is 30.3 Å². The summed E-state index contributed by atoms with van der Waals surface area (Å²) >= 11 is 0. The summed E-state index contributed by atoms with van der Waals surface area (Å²) in [5, 5.41) is 0. The van der Waals surface area contributed by atoms with Crippen molar-refractivity contribution in [3.8, 4) is 0 Å². The number of carbonyl (C=O) groups excluding carboxylic acids is 2. The zero-order chi connectivity index (χ0) is 14.7. The normalized spacial score (nSPS) is 20.1. The second-order valence-corrected chi connectivity index (χ2v) is 5.37. The zero-order valence-electron chi connectivity index (χ0n) is 12.0. The Balaban J connectivity index is 2.26. The summed E-state index contributed by atoms with van der Waals surface area (Å²) in [5.74, 6) is -0.469. The van der Waals surface area contributed by atoms with Crippen LogP contribution in [-0.2, 0) is 9.59 Å². The molecule has 2 atom stereocenters. The molecule has 0 spiro atoms. The lowest BCUT2D eigenvalue weighted by atomic mass is 10.0. The number of likely N-dealkylation sites (tertiary alicyclic amines) is 1. The highest BCUT2D eigenvalue weighted by atomic mass is 16.2. The maximum atomic E-state index is 12.8. The molecule has 5 nitrogen and oxygen atoms in total. The quantitative estimate of drug-likeness (QED) is 0.882. The number of likely N-dealkylation sites (N-methyl/N-ethyl adjacent to an activating group) is 1. The first-order valence-corrected chi connectivity index (χ1v) is 6.83. The number of benzene rings is 1. The second kappa shape index (κ2) is 6.05. The molecule has 1 heterocycles. The molecule has 2 N–H and O–H groups in total. The van der Waals surface area contributed by atoms with E-state index in [1.54, 1.807) is 4.90 Å². The molecule has 1 aromatic rings. The van der Waals surface area contributed by atoms with Crippen molar-refractivity contribution >= 4 is 11.8 Å². The molecule has 0 saturated carbocycles. The lowest BCUT2D eigenvalue weighted by molar-refractivity contribution is -0.141. The number of amides is 2. The summed E-state index contributed by atoms with van der Waals surface area (Å²) in [6, 6.07) is 8.76. The van der Waals surface area contributed by atoms with Crippen LogP contribution in [0.1, 0.15) is 24.4 Å². The van der Waals surface area contributed by atoms with Crippen molar-refractivity contribution in [3.05, 3.63) is 35.9 Å². The first-order valence-electron chi connectivity index (χ1n) is 6.83. The molecule has 0 aliphatic carbocycles. The Morgan fingerprint density at radius 3 is 2.50 bits per heavy atom. The van der Waals surface area contributed by atoms with Gasteiger partial charge in [-0.05, 0) is 32.5 Å². The Morgan fingerprint density at radius 2 is 1.95 bits per heavy atom. The van der Waals surface area contributed by atoms with Crippen LogP contribution < -0.4 is 5.73 Å². The minimum atomic E-state index is -0.464. The Hall–Kier alpha value is -1.88. The Kier molecular flexibility index (Phi) is 4.39. The first-order chi connectivity index (χ1) is 9.52. The van der Waals surface area contributed by atoms with Gasteiger partial charge in [-0.25, -0.2) is 0 Å². The van der Waals surface area contributed by atoms with Gasteiger partial charge in [-0.15, -0.1) is 0 Å². The van der Waals surface area contributed by atoms with Crippen LogP contribution in [0, 0.1) is 0 Å². The Bertz CT molecular complexity index is 487. The van der Waals surface area contributed by atoms with Gasteiger partial charge in [0, 0.05) is 6.54 Å². The van der Waals surface area contributed by atoms with Crippen molar-refractivity contribution in [2.45, 2.75) is 24.9 Å². The summed E-state index contributed by atoms with van der Waals surface area (Å²) < 4.78 is 0. The van der Waals surface area contributed by atoms with Gasteiger partial charge >= 0.3 is 0 Å². The van der Waals surface area contributed by atoms with E-state index in [2.05, 4.69) is 0 Å². The molecule has 0 aromatic heterocycles. The van der Waals surface area contributed by atoms with E-state index in [4.69, 9.17) is 5.73 Å². The molecule has 1 saturated heterocycles. The van der Waals surface area contributed by atoms with E-state index >= 15 is 0 Å². The van der Waals surface area contributed by atoms with Gasteiger partial charge in [-0.3, -0.25) is 14.5 Å². The number of nitrogens with zero attached hydrogens (tertiary/aromatic N) is 2. The van der Waals surface area contributed by atoms with Gasteiger partial charge in [-0.2, -0.15) is 0 Å². The molecule has 1 aromatic carbocycles. The first kappa shape index (κ1) is 14.5. The molecule has 20 heavy (non-hydrogen) atoms. The highest BCUT2D eigenvalue weighted by Gasteiger charge is 2.37. The van der Waals surface area contributed by atoms with Gasteiger partial charge in [0.2, 0.25) is 11.8 Å². The SMILES string of the molecule is CN(C)[C@H](C(=O)N1CCCC1C(N)=O)c1ccccc1. The maximum Gasteiger partial charge on any atom is 0.245 e. The molecular weight excluding hydrogens is 254 g/mol. The van der Waals surface area contributed by atoms with E-state index in [1.165, 1.54) is 0 Å². The van der Waals surface area contributed by atoms with Crippen molar-refractivity contribution in [3.63, 3.8) is 0 Å². The minimum Gasteiger partial charge on any atom is -0.368 e. The topological polar surface area (TPSA) is 66.6 Å². The lowest BCUT2D eigenvalue weighted by Crippen LogP contribution is -2.47. The lowest BCUT2D eigenvalue weighted by Gasteiger charge is -2.31. The number of primary amides is 1. The van der Waals surface area contributed by atoms with Crippen LogP contribution in [0.5, 0.6) is 0 Å². The highest BCUT2D eigenvalue weighted by molar-refractivity contribution is 5.90. The fraction of sp³-hybridized carbons (Fsp3) is 0.467. The summed E-state index contributed by atoms with van der Waals surface area (Å²) in [6.07, 6.45) is 1.49. The van der Waals surface area contributed by atoms with Gasteiger partial charge in [0.1, 0.15) is 12.1 Å². The van der Waals surface area contributed by atoms with Crippen LogP contribution in [0.25, 0.3) is 0 Å². The molecule has 5 heteroatoms. The average molecular weight is 275 g/mol. The van der Waals surface area contributed by atoms with Crippen molar-refractivity contribution < 1.29 is 9.59 Å². The third-order valence-corrected chi connectivity index (χ3v) is 3.73. The third-order valence-electron chi connectivity index (χ3n) is 3.73.